The molecule has 1 aromatic carbocycles. The second-order valence-corrected chi connectivity index (χ2v) is 2.86. The normalized spacial score (nSPS) is 8.71. The van der Waals surface area contributed by atoms with E-state index in [0.717, 1.165) is 17.6 Å². The van der Waals surface area contributed by atoms with Crippen LogP contribution in [0.5, 0.6) is 5.75 Å². The molecule has 0 unspecified atom stereocenters. The van der Waals surface area contributed by atoms with Crippen molar-refractivity contribution in [3.8, 4) is 17.6 Å². The first-order valence-electron chi connectivity index (χ1n) is 4.36. The van der Waals surface area contributed by atoms with Gasteiger partial charge in [-0.15, -0.1) is 5.92 Å². The van der Waals surface area contributed by atoms with Gasteiger partial charge in [-0.3, -0.25) is 4.79 Å². The van der Waals surface area contributed by atoms with Crippen LogP contribution in [0.25, 0.3) is 0 Å². The monoisotopic (exact) mass is 188 g/mol. The van der Waals surface area contributed by atoms with E-state index in [4.69, 9.17) is 4.74 Å². The highest BCUT2D eigenvalue weighted by molar-refractivity contribution is 5.75. The Morgan fingerprint density at radius 1 is 1.50 bits per heavy atom. The molecule has 72 valence electrons. The Balaban J connectivity index is 2.81. The van der Waals surface area contributed by atoms with Gasteiger partial charge in [-0.2, -0.15) is 0 Å². The van der Waals surface area contributed by atoms with E-state index in [9.17, 15) is 4.79 Å². The molecule has 0 atom stereocenters. The van der Waals surface area contributed by atoms with Crippen molar-refractivity contribution in [1.82, 2.24) is 0 Å². The summed E-state index contributed by atoms with van der Waals surface area (Å²) in [5, 5.41) is 0. The van der Waals surface area contributed by atoms with Gasteiger partial charge in [0.25, 0.3) is 0 Å². The topological polar surface area (TPSA) is 26.3 Å². The molecular weight excluding hydrogens is 176 g/mol. The third kappa shape index (κ3) is 2.63. The molecule has 0 aliphatic carbocycles. The van der Waals surface area contributed by atoms with Gasteiger partial charge >= 0.3 is 0 Å². The van der Waals surface area contributed by atoms with E-state index < -0.39 is 0 Å². The number of hydrogen-bond acceptors (Lipinski definition) is 2. The molecule has 0 aliphatic rings. The zero-order valence-electron chi connectivity index (χ0n) is 8.33. The summed E-state index contributed by atoms with van der Waals surface area (Å²) in [6, 6.07) is 5.35. The first-order valence-corrected chi connectivity index (χ1v) is 4.36. The van der Waals surface area contributed by atoms with Crippen molar-refractivity contribution in [3.63, 3.8) is 0 Å². The molecule has 1 rings (SSSR count). The Labute approximate surface area is 83.9 Å². The largest absolute Gasteiger partial charge is 0.481 e. The summed E-state index contributed by atoms with van der Waals surface area (Å²) in [6.07, 6.45) is 0.803. The predicted molar refractivity (Wildman–Crippen MR) is 55.5 cm³/mol. The van der Waals surface area contributed by atoms with E-state index >= 15 is 0 Å². The van der Waals surface area contributed by atoms with Gasteiger partial charge in [-0.05, 0) is 25.5 Å². The Morgan fingerprint density at radius 2 is 2.29 bits per heavy atom. The highest BCUT2D eigenvalue weighted by Crippen LogP contribution is 2.18. The number of rotatable bonds is 3. The maximum absolute atomic E-state index is 10.5. The summed E-state index contributed by atoms with van der Waals surface area (Å²) in [6.45, 7) is 4.06. The minimum absolute atomic E-state index is 0.361. The van der Waals surface area contributed by atoms with E-state index in [1.807, 2.05) is 13.0 Å². The van der Waals surface area contributed by atoms with Gasteiger partial charge in [-0.25, -0.2) is 0 Å². The Morgan fingerprint density at radius 3 is 2.93 bits per heavy atom. The third-order valence-electron chi connectivity index (χ3n) is 1.82. The molecule has 0 saturated carbocycles. The fraction of sp³-hybridized carbons (Fsp3) is 0.250. The van der Waals surface area contributed by atoms with Gasteiger partial charge in [0.15, 0.2) is 0 Å². The van der Waals surface area contributed by atoms with Crippen molar-refractivity contribution >= 4 is 6.29 Å². The van der Waals surface area contributed by atoms with Gasteiger partial charge in [0.1, 0.15) is 18.6 Å². The van der Waals surface area contributed by atoms with Gasteiger partial charge in [0, 0.05) is 5.56 Å². The van der Waals surface area contributed by atoms with Crippen LogP contribution in [0.2, 0.25) is 0 Å². The molecule has 0 aromatic heterocycles. The molecular formula is C12H12O2. The highest BCUT2D eigenvalue weighted by Gasteiger charge is 1.99. The van der Waals surface area contributed by atoms with Crippen LogP contribution in [0.1, 0.15) is 22.8 Å². The summed E-state index contributed by atoms with van der Waals surface area (Å²) >= 11 is 0. The zero-order chi connectivity index (χ0) is 10.4. The van der Waals surface area contributed by atoms with Crippen molar-refractivity contribution in [2.75, 3.05) is 6.61 Å². The Bertz CT molecular complexity index is 383. The SMILES string of the molecule is CC#CCOc1cc(C=O)ccc1C. The maximum Gasteiger partial charge on any atom is 0.150 e. The fourth-order valence-electron chi connectivity index (χ4n) is 1.03. The summed E-state index contributed by atoms with van der Waals surface area (Å²) in [5.41, 5.74) is 1.63. The molecule has 0 N–H and O–H groups in total. The van der Waals surface area contributed by atoms with Gasteiger partial charge in [0.2, 0.25) is 0 Å². The van der Waals surface area contributed by atoms with E-state index in [0.29, 0.717) is 12.2 Å². The molecule has 0 spiro atoms. The highest BCUT2D eigenvalue weighted by atomic mass is 16.5. The number of ether oxygens (including phenoxy) is 1. The standard InChI is InChI=1S/C12H12O2/c1-3-4-7-14-12-8-11(9-13)6-5-10(12)2/h5-6,8-9H,7H2,1-2H3. The van der Waals surface area contributed by atoms with E-state index in [1.54, 1.807) is 19.1 Å². The molecule has 0 heterocycles. The molecule has 2 heteroatoms. The van der Waals surface area contributed by atoms with Crippen molar-refractivity contribution in [2.24, 2.45) is 0 Å². The number of benzene rings is 1. The van der Waals surface area contributed by atoms with Crippen LogP contribution >= 0.6 is 0 Å². The number of aldehydes is 1. The molecule has 0 bridgehead atoms. The molecule has 2 nitrogen and oxygen atoms in total. The molecule has 0 amide bonds. The van der Waals surface area contributed by atoms with Gasteiger partial charge in [0.05, 0.1) is 0 Å². The first kappa shape index (κ1) is 10.3. The average Bonchev–Trinajstić information content (AvgIpc) is 2.21. The molecule has 0 radical (unpaired) electrons. The predicted octanol–water partition coefficient (Wildman–Crippen LogP) is 2.21. The lowest BCUT2D eigenvalue weighted by Gasteiger charge is -2.06. The van der Waals surface area contributed by atoms with Crippen LogP contribution in [-0.2, 0) is 0 Å². The maximum atomic E-state index is 10.5. The smallest absolute Gasteiger partial charge is 0.150 e. The van der Waals surface area contributed by atoms with Crippen LogP contribution in [0, 0.1) is 18.8 Å². The zero-order valence-corrected chi connectivity index (χ0v) is 8.33. The number of aryl methyl sites for hydroxylation is 1. The molecule has 1 aromatic rings. The minimum Gasteiger partial charge on any atom is -0.481 e. The van der Waals surface area contributed by atoms with Crippen LogP contribution in [0.4, 0.5) is 0 Å². The van der Waals surface area contributed by atoms with Crippen LogP contribution < -0.4 is 4.74 Å². The second kappa shape index (κ2) is 5.08. The van der Waals surface area contributed by atoms with Crippen molar-refractivity contribution in [2.45, 2.75) is 13.8 Å². The lowest BCUT2D eigenvalue weighted by Crippen LogP contribution is -1.96. The average molecular weight is 188 g/mol. The molecule has 0 saturated heterocycles. The quantitative estimate of drug-likeness (QED) is 0.537. The number of carbonyl (C=O) groups is 1. The second-order valence-electron chi connectivity index (χ2n) is 2.86. The minimum atomic E-state index is 0.361. The summed E-state index contributed by atoms with van der Waals surface area (Å²) in [7, 11) is 0. The van der Waals surface area contributed by atoms with Crippen molar-refractivity contribution in [1.29, 1.82) is 0 Å². The van der Waals surface area contributed by atoms with Crippen LogP contribution in [0.3, 0.4) is 0 Å². The van der Waals surface area contributed by atoms with Crippen LogP contribution in [-0.4, -0.2) is 12.9 Å². The lowest BCUT2D eigenvalue weighted by molar-refractivity contribution is 0.112. The Hall–Kier alpha value is -1.75. The van der Waals surface area contributed by atoms with E-state index in [1.165, 1.54) is 0 Å². The van der Waals surface area contributed by atoms with E-state index in [-0.39, 0.29) is 0 Å². The number of hydrogen-bond donors (Lipinski definition) is 0. The summed E-state index contributed by atoms with van der Waals surface area (Å²) in [4.78, 5) is 10.5. The van der Waals surface area contributed by atoms with Crippen molar-refractivity contribution < 1.29 is 9.53 Å². The van der Waals surface area contributed by atoms with E-state index in [2.05, 4.69) is 11.8 Å². The fourth-order valence-corrected chi connectivity index (χ4v) is 1.03. The first-order chi connectivity index (χ1) is 6.77. The number of carbonyl (C=O) groups excluding carboxylic acids is 1. The molecule has 14 heavy (non-hydrogen) atoms. The molecule has 0 fully saturated rings. The van der Waals surface area contributed by atoms with Gasteiger partial charge < -0.3 is 4.74 Å². The van der Waals surface area contributed by atoms with Crippen molar-refractivity contribution in [3.05, 3.63) is 29.3 Å². The Kier molecular flexibility index (Phi) is 3.75. The summed E-state index contributed by atoms with van der Waals surface area (Å²) in [5.74, 6) is 6.26. The third-order valence-corrected chi connectivity index (χ3v) is 1.82. The molecule has 0 aliphatic heterocycles. The lowest BCUT2D eigenvalue weighted by atomic mass is 10.1. The van der Waals surface area contributed by atoms with Gasteiger partial charge in [-0.1, -0.05) is 18.1 Å². The van der Waals surface area contributed by atoms with Crippen LogP contribution in [0.15, 0.2) is 18.2 Å². The summed E-state index contributed by atoms with van der Waals surface area (Å²) < 4.78 is 5.39.